The number of urea groups is 1. The minimum absolute atomic E-state index is 0.338. The van der Waals surface area contributed by atoms with E-state index in [1.54, 1.807) is 19.2 Å². The van der Waals surface area contributed by atoms with Crippen LogP contribution in [0.4, 0.5) is 14.9 Å². The summed E-state index contributed by atoms with van der Waals surface area (Å²) in [5, 5.41) is 5.55. The second kappa shape index (κ2) is 7.74. The third-order valence-corrected chi connectivity index (χ3v) is 3.91. The average molecular weight is 350 g/mol. The predicted octanol–water partition coefficient (Wildman–Crippen LogP) is 4.47. The van der Waals surface area contributed by atoms with Crippen molar-refractivity contribution in [2.75, 3.05) is 5.32 Å². The monoisotopic (exact) mass is 350 g/mol. The Kier molecular flexibility index (Phi) is 5.22. The molecule has 0 aliphatic heterocycles. The van der Waals surface area contributed by atoms with Crippen LogP contribution < -0.4 is 10.6 Å². The van der Waals surface area contributed by atoms with E-state index in [9.17, 15) is 9.18 Å². The summed E-state index contributed by atoms with van der Waals surface area (Å²) in [6.45, 7) is 3.73. The SMILES string of the molecule is Cc1cc(-c2ccc(NC(=O)NC(C)c3ccc(F)cn3)cc2)ccn1. The lowest BCUT2D eigenvalue weighted by Gasteiger charge is -2.14. The summed E-state index contributed by atoms with van der Waals surface area (Å²) in [6, 6.07) is 13.7. The van der Waals surface area contributed by atoms with Gasteiger partial charge in [0.15, 0.2) is 0 Å². The van der Waals surface area contributed by atoms with Crippen LogP contribution in [0.2, 0.25) is 0 Å². The molecule has 2 N–H and O–H groups in total. The number of amides is 2. The molecule has 5 nitrogen and oxygen atoms in total. The Balaban J connectivity index is 1.61. The average Bonchev–Trinajstić information content (AvgIpc) is 2.62. The van der Waals surface area contributed by atoms with Gasteiger partial charge in [0.25, 0.3) is 0 Å². The highest BCUT2D eigenvalue weighted by molar-refractivity contribution is 5.89. The summed E-state index contributed by atoms with van der Waals surface area (Å²) in [5.74, 6) is -0.408. The van der Waals surface area contributed by atoms with E-state index in [2.05, 4.69) is 20.6 Å². The summed E-state index contributed by atoms with van der Waals surface area (Å²) in [4.78, 5) is 20.3. The van der Waals surface area contributed by atoms with Gasteiger partial charge in [-0.25, -0.2) is 9.18 Å². The molecule has 132 valence electrons. The number of pyridine rings is 2. The molecule has 1 atom stereocenters. The molecule has 3 aromatic rings. The Morgan fingerprint density at radius 1 is 1.04 bits per heavy atom. The molecule has 0 aliphatic rings. The van der Waals surface area contributed by atoms with Crippen LogP contribution in [0.25, 0.3) is 11.1 Å². The zero-order valence-corrected chi connectivity index (χ0v) is 14.5. The maximum absolute atomic E-state index is 12.9. The third kappa shape index (κ3) is 4.42. The first-order valence-electron chi connectivity index (χ1n) is 8.23. The van der Waals surface area contributed by atoms with Crippen LogP contribution in [0.3, 0.4) is 0 Å². The fraction of sp³-hybridized carbons (Fsp3) is 0.150. The topological polar surface area (TPSA) is 66.9 Å². The molecule has 0 saturated heterocycles. The van der Waals surface area contributed by atoms with Gasteiger partial charge in [-0.1, -0.05) is 12.1 Å². The Labute approximate surface area is 151 Å². The largest absolute Gasteiger partial charge is 0.330 e. The molecule has 0 bridgehead atoms. The fourth-order valence-corrected chi connectivity index (χ4v) is 2.55. The quantitative estimate of drug-likeness (QED) is 0.729. The summed E-state index contributed by atoms with van der Waals surface area (Å²) >= 11 is 0. The highest BCUT2D eigenvalue weighted by Gasteiger charge is 2.11. The smallest absolute Gasteiger partial charge is 0.319 e. The van der Waals surface area contributed by atoms with E-state index in [0.29, 0.717) is 11.4 Å². The number of nitrogens with zero attached hydrogens (tertiary/aromatic N) is 2. The summed E-state index contributed by atoms with van der Waals surface area (Å²) in [7, 11) is 0. The van der Waals surface area contributed by atoms with Gasteiger partial charge in [0.2, 0.25) is 0 Å². The Morgan fingerprint density at radius 2 is 1.81 bits per heavy atom. The van der Waals surface area contributed by atoms with Crippen LogP contribution >= 0.6 is 0 Å². The van der Waals surface area contributed by atoms with E-state index in [-0.39, 0.29) is 12.1 Å². The molecular formula is C20H19FN4O. The highest BCUT2D eigenvalue weighted by atomic mass is 19.1. The first-order chi connectivity index (χ1) is 12.5. The van der Waals surface area contributed by atoms with Crippen LogP contribution in [-0.4, -0.2) is 16.0 Å². The Morgan fingerprint density at radius 3 is 2.46 bits per heavy atom. The van der Waals surface area contributed by atoms with Crippen molar-refractivity contribution >= 4 is 11.7 Å². The molecule has 0 spiro atoms. The lowest BCUT2D eigenvalue weighted by molar-refractivity contribution is 0.249. The molecule has 1 aromatic carbocycles. The molecule has 6 heteroatoms. The van der Waals surface area contributed by atoms with Crippen molar-refractivity contribution in [3.8, 4) is 11.1 Å². The second-order valence-electron chi connectivity index (χ2n) is 5.98. The molecule has 0 aliphatic carbocycles. The van der Waals surface area contributed by atoms with Gasteiger partial charge in [0, 0.05) is 17.6 Å². The zero-order chi connectivity index (χ0) is 18.5. The number of aryl methyl sites for hydroxylation is 1. The van der Waals surface area contributed by atoms with Gasteiger partial charge in [-0.3, -0.25) is 9.97 Å². The van der Waals surface area contributed by atoms with E-state index in [1.807, 2.05) is 43.3 Å². The first-order valence-corrected chi connectivity index (χ1v) is 8.23. The molecule has 3 rings (SSSR count). The molecule has 0 saturated carbocycles. The maximum atomic E-state index is 12.9. The van der Waals surface area contributed by atoms with Crippen molar-refractivity contribution < 1.29 is 9.18 Å². The van der Waals surface area contributed by atoms with Crippen molar-refractivity contribution in [3.63, 3.8) is 0 Å². The normalized spacial score (nSPS) is 11.7. The predicted molar refractivity (Wildman–Crippen MR) is 99.2 cm³/mol. The Bertz CT molecular complexity index is 894. The summed E-state index contributed by atoms with van der Waals surface area (Å²) in [6.07, 6.45) is 2.90. The van der Waals surface area contributed by atoms with Crippen LogP contribution in [-0.2, 0) is 0 Å². The molecule has 0 radical (unpaired) electrons. The molecule has 2 heterocycles. The summed E-state index contributed by atoms with van der Waals surface area (Å²) < 4.78 is 12.9. The standard InChI is InChI=1S/C20H19FN4O/c1-13-11-16(9-10-22-13)15-3-6-18(7-4-15)25-20(26)24-14(2)19-8-5-17(21)12-23-19/h3-12,14H,1-2H3,(H2,24,25,26). The van der Waals surface area contributed by atoms with Gasteiger partial charge >= 0.3 is 6.03 Å². The number of hydrogen-bond acceptors (Lipinski definition) is 3. The van der Waals surface area contributed by atoms with Crippen molar-refractivity contribution in [2.45, 2.75) is 19.9 Å². The lowest BCUT2D eigenvalue weighted by atomic mass is 10.1. The Hall–Kier alpha value is -3.28. The lowest BCUT2D eigenvalue weighted by Crippen LogP contribution is -2.31. The minimum atomic E-state index is -0.408. The van der Waals surface area contributed by atoms with E-state index in [1.165, 1.54) is 6.07 Å². The van der Waals surface area contributed by atoms with Crippen molar-refractivity contribution in [3.05, 3.63) is 78.1 Å². The number of carbonyl (C=O) groups is 1. The highest BCUT2D eigenvalue weighted by Crippen LogP contribution is 2.21. The van der Waals surface area contributed by atoms with E-state index >= 15 is 0 Å². The number of benzene rings is 1. The van der Waals surface area contributed by atoms with E-state index < -0.39 is 5.82 Å². The van der Waals surface area contributed by atoms with Gasteiger partial charge in [-0.15, -0.1) is 0 Å². The van der Waals surface area contributed by atoms with Gasteiger partial charge in [-0.2, -0.15) is 0 Å². The molecule has 2 aromatic heterocycles. The number of anilines is 1. The van der Waals surface area contributed by atoms with Gasteiger partial charge < -0.3 is 10.6 Å². The number of hydrogen-bond donors (Lipinski definition) is 2. The number of halogens is 1. The molecule has 2 amide bonds. The number of nitrogens with one attached hydrogen (secondary N) is 2. The van der Waals surface area contributed by atoms with Crippen molar-refractivity contribution in [1.82, 2.24) is 15.3 Å². The minimum Gasteiger partial charge on any atom is -0.330 e. The van der Waals surface area contributed by atoms with Crippen molar-refractivity contribution in [1.29, 1.82) is 0 Å². The fourth-order valence-electron chi connectivity index (χ4n) is 2.55. The van der Waals surface area contributed by atoms with Crippen LogP contribution in [0.1, 0.15) is 24.4 Å². The maximum Gasteiger partial charge on any atom is 0.319 e. The number of carbonyl (C=O) groups excluding carboxylic acids is 1. The van der Waals surface area contributed by atoms with E-state index in [4.69, 9.17) is 0 Å². The number of rotatable bonds is 4. The third-order valence-electron chi connectivity index (χ3n) is 3.91. The second-order valence-corrected chi connectivity index (χ2v) is 5.98. The van der Waals surface area contributed by atoms with Gasteiger partial charge in [0.05, 0.1) is 17.9 Å². The van der Waals surface area contributed by atoms with Crippen molar-refractivity contribution in [2.24, 2.45) is 0 Å². The molecular weight excluding hydrogens is 331 g/mol. The van der Waals surface area contributed by atoms with Crippen LogP contribution in [0.5, 0.6) is 0 Å². The first kappa shape index (κ1) is 17.5. The molecule has 1 unspecified atom stereocenters. The van der Waals surface area contributed by atoms with Gasteiger partial charge in [-0.05, 0) is 61.4 Å². The van der Waals surface area contributed by atoms with Gasteiger partial charge in [0.1, 0.15) is 5.82 Å². The summed E-state index contributed by atoms with van der Waals surface area (Å²) in [5.41, 5.74) is 4.34. The molecule has 0 fully saturated rings. The zero-order valence-electron chi connectivity index (χ0n) is 14.5. The number of aromatic nitrogens is 2. The van der Waals surface area contributed by atoms with E-state index in [0.717, 1.165) is 23.0 Å². The molecule has 26 heavy (non-hydrogen) atoms. The van der Waals surface area contributed by atoms with Crippen LogP contribution in [0, 0.1) is 12.7 Å². The van der Waals surface area contributed by atoms with Crippen LogP contribution in [0.15, 0.2) is 60.9 Å².